The van der Waals surface area contributed by atoms with E-state index in [0.717, 1.165) is 28.4 Å². The van der Waals surface area contributed by atoms with E-state index in [2.05, 4.69) is 15.3 Å². The normalized spacial score (nSPS) is 11.8. The Labute approximate surface area is 147 Å². The Kier molecular flexibility index (Phi) is 5.14. The number of imidazole rings is 1. The molecule has 3 aromatic rings. The second-order valence-corrected chi connectivity index (χ2v) is 5.82. The van der Waals surface area contributed by atoms with Gasteiger partial charge in [-0.3, -0.25) is 4.79 Å². The zero-order valence-corrected chi connectivity index (χ0v) is 14.3. The summed E-state index contributed by atoms with van der Waals surface area (Å²) in [6.07, 6.45) is 1.78. The van der Waals surface area contributed by atoms with Crippen LogP contribution in [-0.2, 0) is 11.3 Å². The van der Waals surface area contributed by atoms with Gasteiger partial charge in [-0.25, -0.2) is 4.98 Å². The minimum atomic E-state index is -0.241. The van der Waals surface area contributed by atoms with E-state index in [9.17, 15) is 4.79 Å². The lowest BCUT2D eigenvalue weighted by Gasteiger charge is -2.12. The van der Waals surface area contributed by atoms with Gasteiger partial charge < -0.3 is 15.0 Å². The van der Waals surface area contributed by atoms with Crippen LogP contribution in [0.1, 0.15) is 24.2 Å². The van der Waals surface area contributed by atoms with Crippen molar-refractivity contribution in [1.29, 1.82) is 0 Å². The van der Waals surface area contributed by atoms with E-state index < -0.39 is 0 Å². The first-order valence-electron chi connectivity index (χ1n) is 8.18. The first kappa shape index (κ1) is 16.8. The summed E-state index contributed by atoms with van der Waals surface area (Å²) >= 11 is 0. The molecule has 0 saturated carbocycles. The molecule has 0 aliphatic heterocycles. The minimum absolute atomic E-state index is 0.0390. The number of aromatic nitrogens is 2. The van der Waals surface area contributed by atoms with Crippen LogP contribution in [0.3, 0.4) is 0 Å². The third-order valence-electron chi connectivity index (χ3n) is 4.15. The lowest BCUT2D eigenvalue weighted by molar-refractivity contribution is -0.122. The van der Waals surface area contributed by atoms with Gasteiger partial charge in [0, 0.05) is 0 Å². The van der Waals surface area contributed by atoms with Gasteiger partial charge in [0.1, 0.15) is 11.6 Å². The number of carbonyl (C=O) groups excluding carboxylic acids is 1. The fourth-order valence-electron chi connectivity index (χ4n) is 2.58. The van der Waals surface area contributed by atoms with Crippen molar-refractivity contribution in [3.8, 4) is 17.0 Å². The van der Waals surface area contributed by atoms with Crippen molar-refractivity contribution < 1.29 is 9.53 Å². The molecule has 2 aromatic carbocycles. The van der Waals surface area contributed by atoms with Crippen LogP contribution in [0.4, 0.5) is 0 Å². The van der Waals surface area contributed by atoms with E-state index in [0.29, 0.717) is 6.54 Å². The van der Waals surface area contributed by atoms with E-state index in [1.807, 2.05) is 61.5 Å². The molecule has 1 atom stereocenters. The van der Waals surface area contributed by atoms with Crippen LogP contribution in [0, 0.1) is 0 Å². The number of nitrogens with one attached hydrogen (secondary N) is 2. The zero-order valence-electron chi connectivity index (χ0n) is 14.3. The number of H-pyrrole nitrogens is 1. The molecule has 0 aliphatic rings. The number of hydrogen-bond donors (Lipinski definition) is 2. The van der Waals surface area contributed by atoms with Gasteiger partial charge in [0.05, 0.1) is 31.5 Å². The second-order valence-electron chi connectivity index (χ2n) is 5.82. The Morgan fingerprint density at radius 2 is 1.88 bits per heavy atom. The van der Waals surface area contributed by atoms with Gasteiger partial charge >= 0.3 is 0 Å². The van der Waals surface area contributed by atoms with E-state index in [1.54, 1.807) is 13.3 Å². The smallest absolute Gasteiger partial charge is 0.227 e. The zero-order chi connectivity index (χ0) is 17.6. The van der Waals surface area contributed by atoms with Crippen LogP contribution < -0.4 is 10.1 Å². The third kappa shape index (κ3) is 4.07. The molecule has 0 fully saturated rings. The summed E-state index contributed by atoms with van der Waals surface area (Å²) in [6.45, 7) is 2.25. The van der Waals surface area contributed by atoms with Crippen molar-refractivity contribution in [2.24, 2.45) is 0 Å². The Bertz CT molecular complexity index is 826. The predicted octanol–water partition coefficient (Wildman–Crippen LogP) is 3.51. The number of methoxy groups -OCH3 is 1. The molecule has 3 rings (SSSR count). The van der Waals surface area contributed by atoms with Crippen LogP contribution >= 0.6 is 0 Å². The Hall–Kier alpha value is -3.08. The standard InChI is InChI=1S/C20H21N3O2/c1-14(15-8-10-17(25-2)11-9-15)20(24)22-13-19-21-12-18(23-19)16-6-4-3-5-7-16/h3-12,14H,13H2,1-2H3,(H,21,23)(H,22,24). The minimum Gasteiger partial charge on any atom is -0.497 e. The summed E-state index contributed by atoms with van der Waals surface area (Å²) in [4.78, 5) is 19.9. The molecule has 0 spiro atoms. The van der Waals surface area contributed by atoms with E-state index >= 15 is 0 Å². The Balaban J connectivity index is 1.59. The molecule has 5 heteroatoms. The first-order valence-corrected chi connectivity index (χ1v) is 8.18. The van der Waals surface area contributed by atoms with Gasteiger partial charge in [-0.1, -0.05) is 42.5 Å². The van der Waals surface area contributed by atoms with Crippen molar-refractivity contribution in [2.45, 2.75) is 19.4 Å². The number of aromatic amines is 1. The molecule has 1 heterocycles. The lowest BCUT2D eigenvalue weighted by Crippen LogP contribution is -2.27. The third-order valence-corrected chi connectivity index (χ3v) is 4.15. The summed E-state index contributed by atoms with van der Waals surface area (Å²) in [6, 6.07) is 17.5. The number of benzene rings is 2. The summed E-state index contributed by atoms with van der Waals surface area (Å²) in [5, 5.41) is 2.93. The fraction of sp³-hybridized carbons (Fsp3) is 0.200. The molecule has 2 N–H and O–H groups in total. The average molecular weight is 335 g/mol. The molecule has 25 heavy (non-hydrogen) atoms. The number of ether oxygens (including phenoxy) is 1. The molecule has 0 saturated heterocycles. The lowest BCUT2D eigenvalue weighted by atomic mass is 10.0. The highest BCUT2D eigenvalue weighted by molar-refractivity contribution is 5.83. The molecule has 0 bridgehead atoms. The number of carbonyl (C=O) groups is 1. The maximum absolute atomic E-state index is 12.4. The molecular formula is C20H21N3O2. The molecule has 5 nitrogen and oxygen atoms in total. The van der Waals surface area contributed by atoms with Gasteiger partial charge in [0.2, 0.25) is 5.91 Å². The molecule has 128 valence electrons. The average Bonchev–Trinajstić information content (AvgIpc) is 3.15. The Morgan fingerprint density at radius 3 is 2.56 bits per heavy atom. The first-order chi connectivity index (χ1) is 12.2. The van der Waals surface area contributed by atoms with E-state index in [-0.39, 0.29) is 11.8 Å². The van der Waals surface area contributed by atoms with Crippen LogP contribution in [-0.4, -0.2) is 23.0 Å². The molecule has 0 aliphatic carbocycles. The molecule has 1 unspecified atom stereocenters. The predicted molar refractivity (Wildman–Crippen MR) is 97.3 cm³/mol. The quantitative estimate of drug-likeness (QED) is 0.724. The number of hydrogen-bond acceptors (Lipinski definition) is 3. The number of nitrogens with zero attached hydrogens (tertiary/aromatic N) is 1. The van der Waals surface area contributed by atoms with Crippen LogP contribution in [0.25, 0.3) is 11.3 Å². The molecule has 0 radical (unpaired) electrons. The Morgan fingerprint density at radius 1 is 1.16 bits per heavy atom. The van der Waals surface area contributed by atoms with Crippen molar-refractivity contribution in [2.75, 3.05) is 7.11 Å². The largest absolute Gasteiger partial charge is 0.497 e. The van der Waals surface area contributed by atoms with E-state index in [4.69, 9.17) is 4.74 Å². The SMILES string of the molecule is COc1ccc(C(C)C(=O)NCc2ncc(-c3ccccc3)[nH]2)cc1. The van der Waals surface area contributed by atoms with Crippen LogP contribution in [0.15, 0.2) is 60.8 Å². The van der Waals surface area contributed by atoms with Gasteiger partial charge in [-0.05, 0) is 30.2 Å². The molecular weight excluding hydrogens is 314 g/mol. The van der Waals surface area contributed by atoms with Crippen LogP contribution in [0.5, 0.6) is 5.75 Å². The van der Waals surface area contributed by atoms with Crippen molar-refractivity contribution in [3.63, 3.8) is 0 Å². The highest BCUT2D eigenvalue weighted by atomic mass is 16.5. The summed E-state index contributed by atoms with van der Waals surface area (Å²) in [5.41, 5.74) is 2.95. The van der Waals surface area contributed by atoms with Crippen molar-refractivity contribution in [3.05, 3.63) is 72.2 Å². The van der Waals surface area contributed by atoms with Crippen molar-refractivity contribution in [1.82, 2.24) is 15.3 Å². The van der Waals surface area contributed by atoms with Gasteiger partial charge in [-0.2, -0.15) is 0 Å². The maximum atomic E-state index is 12.4. The van der Waals surface area contributed by atoms with E-state index in [1.165, 1.54) is 0 Å². The van der Waals surface area contributed by atoms with Crippen LogP contribution in [0.2, 0.25) is 0 Å². The monoisotopic (exact) mass is 335 g/mol. The van der Waals surface area contributed by atoms with Gasteiger partial charge in [-0.15, -0.1) is 0 Å². The fourth-order valence-corrected chi connectivity index (χ4v) is 2.58. The number of rotatable bonds is 6. The summed E-state index contributed by atoms with van der Waals surface area (Å²) < 4.78 is 5.14. The maximum Gasteiger partial charge on any atom is 0.227 e. The summed E-state index contributed by atoms with van der Waals surface area (Å²) in [5.74, 6) is 1.23. The highest BCUT2D eigenvalue weighted by Gasteiger charge is 2.15. The van der Waals surface area contributed by atoms with Crippen molar-refractivity contribution >= 4 is 5.91 Å². The van der Waals surface area contributed by atoms with Gasteiger partial charge in [0.25, 0.3) is 0 Å². The second kappa shape index (κ2) is 7.66. The molecule has 1 amide bonds. The molecule has 1 aromatic heterocycles. The number of amides is 1. The van der Waals surface area contributed by atoms with Gasteiger partial charge in [0.15, 0.2) is 0 Å². The topological polar surface area (TPSA) is 67.0 Å². The summed E-state index contributed by atoms with van der Waals surface area (Å²) in [7, 11) is 1.62. The highest BCUT2D eigenvalue weighted by Crippen LogP contribution is 2.20.